The van der Waals surface area contributed by atoms with Crippen LogP contribution in [-0.4, -0.2) is 25.5 Å². The molecule has 0 aromatic rings. The average Bonchev–Trinajstić information content (AvgIpc) is 2.02. The van der Waals surface area contributed by atoms with E-state index < -0.39 is 0 Å². The number of allylic oxidation sites excluding steroid dienone is 4. The second-order valence-electron chi connectivity index (χ2n) is 3.70. The lowest BCUT2D eigenvalue weighted by atomic mass is 10.2. The highest BCUT2D eigenvalue weighted by Crippen LogP contribution is 2.02. The van der Waals surface area contributed by atoms with E-state index in [9.17, 15) is 0 Å². The van der Waals surface area contributed by atoms with Gasteiger partial charge >= 0.3 is 0 Å². The monoisotopic (exact) mass is 194 g/mol. The van der Waals surface area contributed by atoms with E-state index in [1.54, 1.807) is 0 Å². The summed E-state index contributed by atoms with van der Waals surface area (Å²) in [5.41, 5.74) is 7.77. The fraction of sp³-hybridized carbons (Fsp3) is 0.500. The van der Waals surface area contributed by atoms with E-state index in [-0.39, 0.29) is 0 Å². The smallest absolute Gasteiger partial charge is 0.0224 e. The number of rotatable bonds is 5. The molecule has 0 atom stereocenters. The Morgan fingerprint density at radius 3 is 2.36 bits per heavy atom. The second-order valence-corrected chi connectivity index (χ2v) is 3.70. The van der Waals surface area contributed by atoms with Crippen molar-refractivity contribution in [1.29, 1.82) is 0 Å². The van der Waals surface area contributed by atoms with Gasteiger partial charge in [-0.2, -0.15) is 0 Å². The number of hydrogen-bond donors (Lipinski definition) is 1. The van der Waals surface area contributed by atoms with Gasteiger partial charge in [-0.15, -0.1) is 0 Å². The van der Waals surface area contributed by atoms with Crippen LogP contribution in [0.15, 0.2) is 35.6 Å². The van der Waals surface area contributed by atoms with Gasteiger partial charge in [0, 0.05) is 12.2 Å². The predicted molar refractivity (Wildman–Crippen MR) is 64.0 cm³/mol. The van der Waals surface area contributed by atoms with Gasteiger partial charge in [0.2, 0.25) is 0 Å². The minimum absolute atomic E-state index is 0.880. The molecule has 2 heteroatoms. The van der Waals surface area contributed by atoms with Crippen molar-refractivity contribution < 1.29 is 0 Å². The van der Waals surface area contributed by atoms with E-state index in [0.29, 0.717) is 0 Å². The lowest BCUT2D eigenvalue weighted by Crippen LogP contribution is -2.14. The summed E-state index contributed by atoms with van der Waals surface area (Å²) in [6, 6.07) is 0. The topological polar surface area (TPSA) is 29.3 Å². The SMILES string of the molecule is C/C=C\C(=C/CC=C(C)N)CN(C)C. The van der Waals surface area contributed by atoms with Crippen molar-refractivity contribution in [2.45, 2.75) is 20.3 Å². The molecule has 0 saturated heterocycles. The Balaban J connectivity index is 4.25. The van der Waals surface area contributed by atoms with Gasteiger partial charge in [-0.25, -0.2) is 0 Å². The predicted octanol–water partition coefficient (Wildman–Crippen LogP) is 2.30. The summed E-state index contributed by atoms with van der Waals surface area (Å²) in [6.45, 7) is 4.92. The normalized spacial score (nSPS) is 14.4. The summed E-state index contributed by atoms with van der Waals surface area (Å²) in [7, 11) is 4.14. The molecule has 0 amide bonds. The first kappa shape index (κ1) is 13.0. The van der Waals surface area contributed by atoms with Crippen molar-refractivity contribution in [3.63, 3.8) is 0 Å². The van der Waals surface area contributed by atoms with Crippen LogP contribution in [0.2, 0.25) is 0 Å². The van der Waals surface area contributed by atoms with Crippen molar-refractivity contribution in [3.05, 3.63) is 35.6 Å². The zero-order valence-electron chi connectivity index (χ0n) is 9.75. The molecule has 0 spiro atoms. The van der Waals surface area contributed by atoms with Crippen molar-refractivity contribution >= 4 is 0 Å². The molecule has 2 nitrogen and oxygen atoms in total. The van der Waals surface area contributed by atoms with Crippen molar-refractivity contribution in [2.75, 3.05) is 20.6 Å². The summed E-state index contributed by atoms with van der Waals surface area (Å²) >= 11 is 0. The van der Waals surface area contributed by atoms with Gasteiger partial charge in [-0.1, -0.05) is 24.3 Å². The van der Waals surface area contributed by atoms with E-state index in [1.807, 2.05) is 19.9 Å². The summed E-state index contributed by atoms with van der Waals surface area (Å²) in [5, 5.41) is 0. The van der Waals surface area contributed by atoms with E-state index in [4.69, 9.17) is 5.73 Å². The first-order chi connectivity index (χ1) is 6.56. The Labute approximate surface area is 87.8 Å². The Morgan fingerprint density at radius 2 is 1.93 bits per heavy atom. The van der Waals surface area contributed by atoms with Gasteiger partial charge in [-0.3, -0.25) is 0 Å². The minimum atomic E-state index is 0.880. The number of nitrogens with zero attached hydrogens (tertiary/aromatic N) is 1. The van der Waals surface area contributed by atoms with Gasteiger partial charge in [0.15, 0.2) is 0 Å². The Kier molecular flexibility index (Phi) is 6.85. The second kappa shape index (κ2) is 7.39. The Hall–Kier alpha value is -1.02. The lowest BCUT2D eigenvalue weighted by Gasteiger charge is -2.09. The maximum atomic E-state index is 5.56. The van der Waals surface area contributed by atoms with Crippen LogP contribution in [-0.2, 0) is 0 Å². The molecule has 0 heterocycles. The molecule has 0 rings (SSSR count). The fourth-order valence-electron chi connectivity index (χ4n) is 1.16. The summed E-state index contributed by atoms with van der Waals surface area (Å²) in [4.78, 5) is 2.16. The van der Waals surface area contributed by atoms with Crippen LogP contribution in [0.3, 0.4) is 0 Å². The van der Waals surface area contributed by atoms with E-state index >= 15 is 0 Å². The molecule has 0 aromatic heterocycles. The highest BCUT2D eigenvalue weighted by atomic mass is 15.0. The third kappa shape index (κ3) is 7.62. The average molecular weight is 194 g/mol. The molecule has 0 radical (unpaired) electrons. The minimum Gasteiger partial charge on any atom is -0.403 e. The van der Waals surface area contributed by atoms with E-state index in [2.05, 4.69) is 37.2 Å². The molecule has 80 valence electrons. The highest BCUT2D eigenvalue weighted by Gasteiger charge is 1.93. The number of hydrogen-bond acceptors (Lipinski definition) is 2. The molecule has 0 aliphatic carbocycles. The molecule has 0 aliphatic rings. The Morgan fingerprint density at radius 1 is 1.29 bits per heavy atom. The maximum Gasteiger partial charge on any atom is 0.0224 e. The van der Waals surface area contributed by atoms with E-state index in [1.165, 1.54) is 5.57 Å². The Bertz CT molecular complexity index is 231. The van der Waals surface area contributed by atoms with Crippen LogP contribution in [0.5, 0.6) is 0 Å². The largest absolute Gasteiger partial charge is 0.403 e. The molecule has 0 saturated carbocycles. The molecule has 14 heavy (non-hydrogen) atoms. The number of nitrogens with two attached hydrogens (primary N) is 1. The summed E-state index contributed by atoms with van der Waals surface area (Å²) < 4.78 is 0. The molecule has 2 N–H and O–H groups in total. The maximum absolute atomic E-state index is 5.56. The number of likely N-dealkylation sites (N-methyl/N-ethyl adjacent to an activating group) is 1. The molecule has 0 aliphatic heterocycles. The standard InChI is InChI=1S/C12H22N2/c1-5-7-12(10-14(3)4)9-6-8-11(2)13/h5,7-9H,6,10,13H2,1-4H3/b7-5-,11-8?,12-9+. The fourth-order valence-corrected chi connectivity index (χ4v) is 1.16. The van der Waals surface area contributed by atoms with Crippen LogP contribution < -0.4 is 5.73 Å². The zero-order valence-corrected chi connectivity index (χ0v) is 9.75. The van der Waals surface area contributed by atoms with Gasteiger partial charge in [0.1, 0.15) is 0 Å². The molecule has 0 fully saturated rings. The molecule has 0 aromatic carbocycles. The van der Waals surface area contributed by atoms with Crippen LogP contribution in [0.1, 0.15) is 20.3 Å². The first-order valence-corrected chi connectivity index (χ1v) is 4.95. The van der Waals surface area contributed by atoms with Crippen LogP contribution >= 0.6 is 0 Å². The van der Waals surface area contributed by atoms with Gasteiger partial charge < -0.3 is 10.6 Å². The van der Waals surface area contributed by atoms with Crippen molar-refractivity contribution in [2.24, 2.45) is 5.73 Å². The van der Waals surface area contributed by atoms with Crippen LogP contribution in [0, 0.1) is 0 Å². The zero-order chi connectivity index (χ0) is 11.0. The molecular formula is C12H22N2. The van der Waals surface area contributed by atoms with Gasteiger partial charge in [0.25, 0.3) is 0 Å². The van der Waals surface area contributed by atoms with Crippen molar-refractivity contribution in [3.8, 4) is 0 Å². The summed E-state index contributed by atoms with van der Waals surface area (Å²) in [6.07, 6.45) is 9.35. The van der Waals surface area contributed by atoms with Gasteiger partial charge in [0.05, 0.1) is 0 Å². The van der Waals surface area contributed by atoms with Crippen molar-refractivity contribution in [1.82, 2.24) is 4.90 Å². The van der Waals surface area contributed by atoms with Crippen LogP contribution in [0.4, 0.5) is 0 Å². The first-order valence-electron chi connectivity index (χ1n) is 4.95. The van der Waals surface area contributed by atoms with Gasteiger partial charge in [-0.05, 0) is 39.9 Å². The lowest BCUT2D eigenvalue weighted by molar-refractivity contribution is 0.448. The highest BCUT2D eigenvalue weighted by molar-refractivity contribution is 5.21. The van der Waals surface area contributed by atoms with Crippen LogP contribution in [0.25, 0.3) is 0 Å². The molecular weight excluding hydrogens is 172 g/mol. The molecule has 0 unspecified atom stereocenters. The summed E-state index contributed by atoms with van der Waals surface area (Å²) in [5.74, 6) is 0. The third-order valence-corrected chi connectivity index (χ3v) is 1.70. The third-order valence-electron chi connectivity index (χ3n) is 1.70. The molecule has 0 bridgehead atoms. The van der Waals surface area contributed by atoms with E-state index in [0.717, 1.165) is 18.7 Å². The quantitative estimate of drug-likeness (QED) is 0.680.